The molecule has 0 atom stereocenters. The van der Waals surface area contributed by atoms with Gasteiger partial charge in [0.1, 0.15) is 17.9 Å². The maximum atomic E-state index is 11.9. The van der Waals surface area contributed by atoms with E-state index >= 15 is 0 Å². The zero-order valence-electron chi connectivity index (χ0n) is 8.30. The second-order valence-electron chi connectivity index (χ2n) is 2.94. The lowest BCUT2D eigenvalue weighted by Crippen LogP contribution is -2.10. The van der Waals surface area contributed by atoms with Crippen molar-refractivity contribution in [3.63, 3.8) is 0 Å². The van der Waals surface area contributed by atoms with Crippen molar-refractivity contribution in [2.75, 3.05) is 6.61 Å². The molecule has 0 spiro atoms. The number of hydrogen-bond acceptors (Lipinski definition) is 4. The van der Waals surface area contributed by atoms with Gasteiger partial charge in [0.15, 0.2) is 0 Å². The summed E-state index contributed by atoms with van der Waals surface area (Å²) in [6, 6.07) is 2.69. The van der Waals surface area contributed by atoms with Gasteiger partial charge in [0.05, 0.1) is 11.0 Å². The quantitative estimate of drug-likeness (QED) is 0.634. The Morgan fingerprint density at radius 1 is 1.53 bits per heavy atom. The van der Waals surface area contributed by atoms with Gasteiger partial charge in [-0.3, -0.25) is 10.1 Å². The SMILES string of the molecule is O=C(O)c1ccc([N+](=O)[O-])cc1OCC(F)F. The highest BCUT2D eigenvalue weighted by atomic mass is 19.3. The predicted molar refractivity (Wildman–Crippen MR) is 51.6 cm³/mol. The summed E-state index contributed by atoms with van der Waals surface area (Å²) < 4.78 is 28.3. The molecule has 1 aromatic rings. The Morgan fingerprint density at radius 3 is 2.65 bits per heavy atom. The van der Waals surface area contributed by atoms with Crippen molar-refractivity contribution in [2.45, 2.75) is 6.43 Å². The molecule has 1 rings (SSSR count). The number of nitro benzene ring substituents is 1. The summed E-state index contributed by atoms with van der Waals surface area (Å²) in [5.74, 6) is -1.86. The third kappa shape index (κ3) is 3.37. The van der Waals surface area contributed by atoms with E-state index in [2.05, 4.69) is 4.74 Å². The van der Waals surface area contributed by atoms with Crippen LogP contribution in [0.2, 0.25) is 0 Å². The first kappa shape index (κ1) is 12.8. The van der Waals surface area contributed by atoms with E-state index in [4.69, 9.17) is 5.11 Å². The molecule has 0 saturated heterocycles. The molecular weight excluding hydrogens is 240 g/mol. The lowest BCUT2D eigenvalue weighted by molar-refractivity contribution is -0.384. The number of nitro groups is 1. The Labute approximate surface area is 93.6 Å². The third-order valence-corrected chi connectivity index (χ3v) is 1.77. The smallest absolute Gasteiger partial charge is 0.339 e. The molecule has 17 heavy (non-hydrogen) atoms. The molecule has 0 fully saturated rings. The number of carbonyl (C=O) groups is 1. The van der Waals surface area contributed by atoms with Crippen LogP contribution in [0.3, 0.4) is 0 Å². The van der Waals surface area contributed by atoms with E-state index in [0.29, 0.717) is 0 Å². The molecule has 0 radical (unpaired) electrons. The van der Waals surface area contributed by atoms with Gasteiger partial charge in [-0.2, -0.15) is 0 Å². The normalized spacial score (nSPS) is 10.3. The topological polar surface area (TPSA) is 89.7 Å². The molecule has 8 heteroatoms. The van der Waals surface area contributed by atoms with Gasteiger partial charge in [-0.1, -0.05) is 0 Å². The van der Waals surface area contributed by atoms with Crippen LogP contribution in [0.1, 0.15) is 10.4 Å². The van der Waals surface area contributed by atoms with Crippen LogP contribution >= 0.6 is 0 Å². The van der Waals surface area contributed by atoms with Crippen LogP contribution < -0.4 is 4.74 Å². The monoisotopic (exact) mass is 247 g/mol. The van der Waals surface area contributed by atoms with Crippen LogP contribution in [-0.2, 0) is 0 Å². The lowest BCUT2D eigenvalue weighted by Gasteiger charge is -2.08. The molecule has 6 nitrogen and oxygen atoms in total. The van der Waals surface area contributed by atoms with Gasteiger partial charge in [0.2, 0.25) is 0 Å². The number of carboxylic acids is 1. The zero-order chi connectivity index (χ0) is 13.0. The van der Waals surface area contributed by atoms with Crippen LogP contribution in [0, 0.1) is 10.1 Å². The Bertz CT molecular complexity index is 449. The molecule has 92 valence electrons. The zero-order valence-corrected chi connectivity index (χ0v) is 8.30. The number of alkyl halides is 2. The molecule has 0 aliphatic heterocycles. The fraction of sp³-hybridized carbons (Fsp3) is 0.222. The number of rotatable bonds is 5. The van der Waals surface area contributed by atoms with E-state index in [1.807, 2.05) is 0 Å². The standard InChI is InChI=1S/C9H7F2NO5/c10-8(11)4-17-7-3-5(12(15)16)1-2-6(7)9(13)14/h1-3,8H,4H2,(H,13,14). The van der Waals surface area contributed by atoms with Crippen molar-refractivity contribution < 1.29 is 28.3 Å². The van der Waals surface area contributed by atoms with E-state index in [0.717, 1.165) is 18.2 Å². The van der Waals surface area contributed by atoms with Crippen LogP contribution in [0.4, 0.5) is 14.5 Å². The molecule has 0 bridgehead atoms. The van der Waals surface area contributed by atoms with Gasteiger partial charge in [-0.05, 0) is 6.07 Å². The fourth-order valence-corrected chi connectivity index (χ4v) is 1.07. The summed E-state index contributed by atoms with van der Waals surface area (Å²) in [5.41, 5.74) is -0.837. The van der Waals surface area contributed by atoms with E-state index in [1.54, 1.807) is 0 Å². The molecule has 0 aliphatic rings. The summed E-state index contributed by atoms with van der Waals surface area (Å²) in [6.07, 6.45) is -2.80. The first-order valence-electron chi connectivity index (χ1n) is 4.34. The average Bonchev–Trinajstić information content (AvgIpc) is 2.25. The second-order valence-corrected chi connectivity index (χ2v) is 2.94. The average molecular weight is 247 g/mol. The first-order chi connectivity index (χ1) is 7.91. The van der Waals surface area contributed by atoms with Gasteiger partial charge >= 0.3 is 5.97 Å². The number of carboxylic acid groups (broad SMARTS) is 1. The third-order valence-electron chi connectivity index (χ3n) is 1.77. The highest BCUT2D eigenvalue weighted by Gasteiger charge is 2.17. The maximum Gasteiger partial charge on any atom is 0.339 e. The van der Waals surface area contributed by atoms with Crippen molar-refractivity contribution >= 4 is 11.7 Å². The summed E-state index contributed by atoms with van der Waals surface area (Å²) in [4.78, 5) is 20.4. The second kappa shape index (κ2) is 5.19. The highest BCUT2D eigenvalue weighted by Crippen LogP contribution is 2.25. The predicted octanol–water partition coefficient (Wildman–Crippen LogP) is 1.94. The number of ether oxygens (including phenoxy) is 1. The van der Waals surface area contributed by atoms with Gasteiger partial charge in [-0.25, -0.2) is 13.6 Å². The van der Waals surface area contributed by atoms with E-state index in [-0.39, 0.29) is 0 Å². The Morgan fingerprint density at radius 2 is 2.18 bits per heavy atom. The molecule has 0 aromatic heterocycles. The van der Waals surface area contributed by atoms with E-state index in [1.165, 1.54) is 0 Å². The number of nitrogens with zero attached hydrogens (tertiary/aromatic N) is 1. The van der Waals surface area contributed by atoms with Crippen LogP contribution in [0.15, 0.2) is 18.2 Å². The van der Waals surface area contributed by atoms with Crippen molar-refractivity contribution in [1.82, 2.24) is 0 Å². The summed E-state index contributed by atoms with van der Waals surface area (Å²) >= 11 is 0. The molecule has 0 amide bonds. The minimum atomic E-state index is -2.80. The Hall–Kier alpha value is -2.25. The largest absolute Gasteiger partial charge is 0.486 e. The van der Waals surface area contributed by atoms with Gasteiger partial charge in [-0.15, -0.1) is 0 Å². The molecule has 0 saturated carbocycles. The minimum absolute atomic E-state index is 0.406. The number of hydrogen-bond donors (Lipinski definition) is 1. The van der Waals surface area contributed by atoms with Gasteiger partial charge in [0, 0.05) is 6.07 Å². The molecule has 1 N–H and O–H groups in total. The molecule has 0 aliphatic carbocycles. The van der Waals surface area contributed by atoms with Crippen LogP contribution in [0.5, 0.6) is 5.75 Å². The van der Waals surface area contributed by atoms with Crippen molar-refractivity contribution in [3.8, 4) is 5.75 Å². The number of benzene rings is 1. The van der Waals surface area contributed by atoms with Crippen molar-refractivity contribution in [3.05, 3.63) is 33.9 Å². The summed E-state index contributed by atoms with van der Waals surface area (Å²) in [5, 5.41) is 19.1. The van der Waals surface area contributed by atoms with E-state index in [9.17, 15) is 23.7 Å². The van der Waals surface area contributed by atoms with Crippen molar-refractivity contribution in [2.24, 2.45) is 0 Å². The lowest BCUT2D eigenvalue weighted by atomic mass is 10.2. The molecular formula is C9H7F2NO5. The van der Waals surface area contributed by atoms with Crippen LogP contribution in [-0.4, -0.2) is 29.0 Å². The maximum absolute atomic E-state index is 11.9. The van der Waals surface area contributed by atoms with E-state index < -0.39 is 40.9 Å². The minimum Gasteiger partial charge on any atom is -0.486 e. The first-order valence-corrected chi connectivity index (χ1v) is 4.34. The van der Waals surface area contributed by atoms with Crippen molar-refractivity contribution in [1.29, 1.82) is 0 Å². The molecule has 0 heterocycles. The highest BCUT2D eigenvalue weighted by molar-refractivity contribution is 5.91. The molecule has 1 aromatic carbocycles. The Kier molecular flexibility index (Phi) is 3.91. The number of non-ortho nitro benzene ring substituents is 1. The van der Waals surface area contributed by atoms with Gasteiger partial charge < -0.3 is 9.84 Å². The number of halogens is 2. The molecule has 0 unspecified atom stereocenters. The Balaban J connectivity index is 3.07. The van der Waals surface area contributed by atoms with Gasteiger partial charge in [0.25, 0.3) is 12.1 Å². The fourth-order valence-electron chi connectivity index (χ4n) is 1.07. The number of aromatic carboxylic acids is 1. The summed E-state index contributed by atoms with van der Waals surface area (Å²) in [6.45, 7) is -1.03. The summed E-state index contributed by atoms with van der Waals surface area (Å²) in [7, 11) is 0. The van der Waals surface area contributed by atoms with Crippen LogP contribution in [0.25, 0.3) is 0 Å².